The van der Waals surface area contributed by atoms with Crippen LogP contribution in [0.2, 0.25) is 0 Å². The van der Waals surface area contributed by atoms with E-state index in [2.05, 4.69) is 22.2 Å². The molecule has 4 rings (SSSR count). The molecule has 2 aliphatic rings. The van der Waals surface area contributed by atoms with Crippen LogP contribution >= 0.6 is 0 Å². The Bertz CT molecular complexity index is 1080. The largest absolute Gasteiger partial charge is 0.438 e. The van der Waals surface area contributed by atoms with Gasteiger partial charge in [-0.05, 0) is 49.7 Å². The summed E-state index contributed by atoms with van der Waals surface area (Å²) in [5.41, 5.74) is 0.235. The van der Waals surface area contributed by atoms with Crippen LogP contribution in [0.25, 0.3) is 0 Å². The Morgan fingerprint density at radius 2 is 1.94 bits per heavy atom. The molecule has 1 heterocycles. The van der Waals surface area contributed by atoms with E-state index in [1.807, 2.05) is 18.2 Å². The van der Waals surface area contributed by atoms with Gasteiger partial charge in [-0.2, -0.15) is 4.98 Å². The number of benzene rings is 1. The molecule has 0 saturated heterocycles. The lowest BCUT2D eigenvalue weighted by atomic mass is 9.76. The van der Waals surface area contributed by atoms with Crippen molar-refractivity contribution in [3.05, 3.63) is 59.4 Å². The molecule has 1 amide bonds. The van der Waals surface area contributed by atoms with Crippen molar-refractivity contribution in [2.45, 2.75) is 44.6 Å². The molecule has 0 radical (unpaired) electrons. The third kappa shape index (κ3) is 5.70. The van der Waals surface area contributed by atoms with Gasteiger partial charge >= 0.3 is 0 Å². The minimum absolute atomic E-state index is 0.217. The van der Waals surface area contributed by atoms with Gasteiger partial charge in [0.2, 0.25) is 5.88 Å². The first kappa shape index (κ1) is 21.5. The fourth-order valence-corrected chi connectivity index (χ4v) is 4.21. The third-order valence-corrected chi connectivity index (χ3v) is 6.33. The monoisotopic (exact) mass is 441 g/mol. The van der Waals surface area contributed by atoms with Crippen LogP contribution in [0.15, 0.2) is 48.0 Å². The summed E-state index contributed by atoms with van der Waals surface area (Å²) in [6.45, 7) is 2.20. The van der Waals surface area contributed by atoms with Crippen molar-refractivity contribution in [2.75, 3.05) is 6.26 Å². The van der Waals surface area contributed by atoms with Crippen LogP contribution in [-0.4, -0.2) is 36.6 Å². The average Bonchev–Trinajstić information content (AvgIpc) is 3.54. The molecule has 1 aromatic carbocycles. The topological polar surface area (TPSA) is 98.2 Å². The predicted octanol–water partition coefficient (Wildman–Crippen LogP) is 3.85. The fraction of sp³-hybridized carbons (Fsp3) is 0.435. The summed E-state index contributed by atoms with van der Waals surface area (Å²) in [6.07, 6.45) is 8.14. The first-order chi connectivity index (χ1) is 14.8. The Hall–Kier alpha value is -2.74. The average molecular weight is 442 g/mol. The second-order valence-corrected chi connectivity index (χ2v) is 10.6. The molecule has 164 valence electrons. The number of hydrogen-bond donors (Lipinski definition) is 1. The zero-order valence-electron chi connectivity index (χ0n) is 17.7. The highest BCUT2D eigenvalue weighted by atomic mass is 32.2. The first-order valence-electron chi connectivity index (χ1n) is 10.6. The van der Waals surface area contributed by atoms with Crippen molar-refractivity contribution < 1.29 is 17.9 Å². The molecular weight excluding hydrogens is 414 g/mol. The van der Waals surface area contributed by atoms with Gasteiger partial charge in [0, 0.05) is 23.8 Å². The maximum absolute atomic E-state index is 13.1. The maximum atomic E-state index is 13.1. The molecule has 0 unspecified atom stereocenters. The molecule has 7 nitrogen and oxygen atoms in total. The standard InChI is InChI=1S/C23H27N3O4S/c1-15-12-17(13-15)21-24-14-19(23(26-21)30-18-6-4-3-5-7-18)22(27)25-20(16-8-9-16)10-11-31(2,28)29/h3-7,10-11,14-17,20H,8-9,12-13H2,1-2H3,(H,25,27)/b11-10+/t15?,17?,20-/m1/s1. The molecule has 2 fully saturated rings. The number of sulfone groups is 1. The van der Waals surface area contributed by atoms with Crippen molar-refractivity contribution in [3.8, 4) is 11.6 Å². The molecule has 0 spiro atoms. The van der Waals surface area contributed by atoms with Crippen LogP contribution in [0, 0.1) is 11.8 Å². The Labute approximate surface area is 182 Å². The Morgan fingerprint density at radius 3 is 2.55 bits per heavy atom. The summed E-state index contributed by atoms with van der Waals surface area (Å²) in [5, 5.41) is 4.08. The molecule has 0 aliphatic heterocycles. The lowest BCUT2D eigenvalue weighted by Crippen LogP contribution is -2.35. The highest BCUT2D eigenvalue weighted by Gasteiger charge is 2.33. The van der Waals surface area contributed by atoms with Crippen molar-refractivity contribution >= 4 is 15.7 Å². The number of rotatable bonds is 8. The fourth-order valence-electron chi connectivity index (χ4n) is 3.76. The van der Waals surface area contributed by atoms with Gasteiger partial charge < -0.3 is 10.1 Å². The number of nitrogens with zero attached hydrogens (tertiary/aromatic N) is 2. The van der Waals surface area contributed by atoms with E-state index >= 15 is 0 Å². The highest BCUT2D eigenvalue weighted by molar-refractivity contribution is 7.93. The van der Waals surface area contributed by atoms with E-state index < -0.39 is 9.84 Å². The van der Waals surface area contributed by atoms with Crippen LogP contribution in [-0.2, 0) is 9.84 Å². The summed E-state index contributed by atoms with van der Waals surface area (Å²) >= 11 is 0. The summed E-state index contributed by atoms with van der Waals surface area (Å²) in [6, 6.07) is 8.83. The van der Waals surface area contributed by atoms with Gasteiger partial charge in [0.15, 0.2) is 9.84 Å². The zero-order valence-corrected chi connectivity index (χ0v) is 18.5. The lowest BCUT2D eigenvalue weighted by Gasteiger charge is -2.31. The van der Waals surface area contributed by atoms with E-state index in [9.17, 15) is 13.2 Å². The second-order valence-electron chi connectivity index (χ2n) is 8.63. The van der Waals surface area contributed by atoms with Gasteiger partial charge in [0.1, 0.15) is 17.1 Å². The van der Waals surface area contributed by atoms with Crippen LogP contribution in [0.3, 0.4) is 0 Å². The number of nitrogens with one attached hydrogen (secondary N) is 1. The molecule has 31 heavy (non-hydrogen) atoms. The Kier molecular flexibility index (Phi) is 6.09. The molecular formula is C23H27N3O4S. The number of carbonyl (C=O) groups is 1. The quantitative estimate of drug-likeness (QED) is 0.668. The molecule has 2 aromatic rings. The third-order valence-electron chi connectivity index (χ3n) is 5.67. The smallest absolute Gasteiger partial charge is 0.258 e. The maximum Gasteiger partial charge on any atom is 0.258 e. The van der Waals surface area contributed by atoms with E-state index in [1.54, 1.807) is 18.2 Å². The van der Waals surface area contributed by atoms with Crippen molar-refractivity contribution in [3.63, 3.8) is 0 Å². The van der Waals surface area contributed by atoms with Gasteiger partial charge in [-0.15, -0.1) is 0 Å². The second kappa shape index (κ2) is 8.78. The number of hydrogen-bond acceptors (Lipinski definition) is 6. The summed E-state index contributed by atoms with van der Waals surface area (Å²) in [4.78, 5) is 22.1. The number of para-hydroxylation sites is 1. The summed E-state index contributed by atoms with van der Waals surface area (Å²) < 4.78 is 29.0. The van der Waals surface area contributed by atoms with Crippen LogP contribution in [0.5, 0.6) is 11.6 Å². The minimum Gasteiger partial charge on any atom is -0.438 e. The molecule has 2 aliphatic carbocycles. The molecule has 8 heteroatoms. The number of amides is 1. The molecule has 1 N–H and O–H groups in total. The van der Waals surface area contributed by atoms with Crippen LogP contribution in [0.1, 0.15) is 54.7 Å². The SMILES string of the molecule is CC1CC(c2ncc(C(=O)N[C@H](/C=C/S(C)(=O)=O)C3CC3)c(Oc3ccccc3)n2)C1. The van der Waals surface area contributed by atoms with Crippen molar-refractivity contribution in [1.82, 2.24) is 15.3 Å². The first-order valence-corrected chi connectivity index (χ1v) is 12.5. The van der Waals surface area contributed by atoms with E-state index in [0.717, 1.165) is 37.3 Å². The molecule has 1 aromatic heterocycles. The molecule has 2 saturated carbocycles. The summed E-state index contributed by atoms with van der Waals surface area (Å²) in [7, 11) is -3.27. The van der Waals surface area contributed by atoms with Crippen molar-refractivity contribution in [1.29, 1.82) is 0 Å². The normalized spacial score (nSPS) is 22.0. The zero-order chi connectivity index (χ0) is 22.0. The van der Waals surface area contributed by atoms with E-state index in [-0.39, 0.29) is 35.2 Å². The van der Waals surface area contributed by atoms with Crippen molar-refractivity contribution in [2.24, 2.45) is 11.8 Å². The summed E-state index contributed by atoms with van der Waals surface area (Å²) in [5.74, 6) is 2.27. The van der Waals surface area contributed by atoms with Gasteiger partial charge in [0.05, 0.1) is 6.04 Å². The number of carbonyl (C=O) groups excluding carboxylic acids is 1. The highest BCUT2D eigenvalue weighted by Crippen LogP contribution is 2.40. The molecule has 1 atom stereocenters. The minimum atomic E-state index is -3.27. The predicted molar refractivity (Wildman–Crippen MR) is 118 cm³/mol. The Balaban J connectivity index is 1.59. The van der Waals surface area contributed by atoms with E-state index in [1.165, 1.54) is 6.20 Å². The Morgan fingerprint density at radius 1 is 1.23 bits per heavy atom. The van der Waals surface area contributed by atoms with E-state index in [4.69, 9.17) is 4.74 Å². The number of aromatic nitrogens is 2. The number of ether oxygens (including phenoxy) is 1. The van der Waals surface area contributed by atoms with Crippen LogP contribution < -0.4 is 10.1 Å². The van der Waals surface area contributed by atoms with Crippen LogP contribution in [0.4, 0.5) is 0 Å². The lowest BCUT2D eigenvalue weighted by molar-refractivity contribution is 0.0937. The van der Waals surface area contributed by atoms with Gasteiger partial charge in [0.25, 0.3) is 5.91 Å². The van der Waals surface area contributed by atoms with Gasteiger partial charge in [-0.25, -0.2) is 13.4 Å². The van der Waals surface area contributed by atoms with E-state index in [0.29, 0.717) is 17.5 Å². The van der Waals surface area contributed by atoms with Gasteiger partial charge in [-0.1, -0.05) is 31.2 Å². The van der Waals surface area contributed by atoms with Gasteiger partial charge in [-0.3, -0.25) is 4.79 Å². The molecule has 0 bridgehead atoms.